The van der Waals surface area contributed by atoms with Crippen LogP contribution in [0.15, 0.2) is 36.4 Å². The number of ether oxygens (including phenoxy) is 2. The molecule has 1 N–H and O–H groups in total. The third kappa shape index (κ3) is 2.42. The van der Waals surface area contributed by atoms with Gasteiger partial charge >= 0.3 is 5.97 Å². The van der Waals surface area contributed by atoms with Crippen LogP contribution in [0.25, 0.3) is 11.1 Å². The molecule has 5 heteroatoms. The van der Waals surface area contributed by atoms with Gasteiger partial charge in [-0.2, -0.15) is 0 Å². The second kappa shape index (κ2) is 5.84. The van der Waals surface area contributed by atoms with Gasteiger partial charge in [0.05, 0.1) is 19.8 Å². The smallest absolute Gasteiger partial charge is 0.336 e. The van der Waals surface area contributed by atoms with Gasteiger partial charge in [0, 0.05) is 5.56 Å². The molecule has 4 nitrogen and oxygen atoms in total. The number of carboxylic acids is 1. The topological polar surface area (TPSA) is 55.8 Å². The van der Waals surface area contributed by atoms with Crippen molar-refractivity contribution in [2.45, 2.75) is 0 Å². The minimum absolute atomic E-state index is 0.187. The van der Waals surface area contributed by atoms with Gasteiger partial charge in [-0.15, -0.1) is 0 Å². The molecule has 0 aromatic heterocycles. The monoisotopic (exact) mass is 292 g/mol. The maximum Gasteiger partial charge on any atom is 0.336 e. The number of hydrogen-bond donors (Lipinski definition) is 1. The van der Waals surface area contributed by atoms with Crippen molar-refractivity contribution in [3.8, 4) is 22.6 Å². The quantitative estimate of drug-likeness (QED) is 0.933. The fraction of sp³-hybridized carbons (Fsp3) is 0.133. The SMILES string of the molecule is COc1ccc(-c2ccccc2C(=O)O)c(OC)c1Cl. The molecule has 20 heavy (non-hydrogen) atoms. The largest absolute Gasteiger partial charge is 0.495 e. The second-order valence-electron chi connectivity index (χ2n) is 4.01. The van der Waals surface area contributed by atoms with Crippen molar-refractivity contribution >= 4 is 17.6 Å². The average molecular weight is 293 g/mol. The lowest BCUT2D eigenvalue weighted by atomic mass is 9.98. The maximum absolute atomic E-state index is 11.3. The molecule has 0 saturated heterocycles. The van der Waals surface area contributed by atoms with Gasteiger partial charge in [0.1, 0.15) is 16.5 Å². The third-order valence-electron chi connectivity index (χ3n) is 2.93. The molecule has 0 aliphatic rings. The Morgan fingerprint density at radius 3 is 2.35 bits per heavy atom. The van der Waals surface area contributed by atoms with E-state index in [1.54, 1.807) is 30.3 Å². The van der Waals surface area contributed by atoms with Crippen molar-refractivity contribution in [2.75, 3.05) is 14.2 Å². The van der Waals surface area contributed by atoms with E-state index in [9.17, 15) is 9.90 Å². The number of halogens is 1. The number of benzene rings is 2. The van der Waals surface area contributed by atoms with E-state index < -0.39 is 5.97 Å². The summed E-state index contributed by atoms with van der Waals surface area (Å²) in [5.74, 6) is -0.144. The Balaban J connectivity index is 2.71. The number of carbonyl (C=O) groups is 1. The molecule has 0 saturated carbocycles. The van der Waals surface area contributed by atoms with Crippen molar-refractivity contribution in [1.82, 2.24) is 0 Å². The summed E-state index contributed by atoms with van der Waals surface area (Å²) in [6.07, 6.45) is 0. The first-order valence-corrected chi connectivity index (χ1v) is 6.21. The van der Waals surface area contributed by atoms with E-state index in [0.29, 0.717) is 27.6 Å². The predicted molar refractivity (Wildman–Crippen MR) is 77.0 cm³/mol. The molecule has 0 bridgehead atoms. The minimum atomic E-state index is -1.01. The molecule has 2 aromatic rings. The molecule has 2 aromatic carbocycles. The highest BCUT2D eigenvalue weighted by atomic mass is 35.5. The molecule has 0 atom stereocenters. The number of aromatic carboxylic acids is 1. The highest BCUT2D eigenvalue weighted by molar-refractivity contribution is 6.34. The van der Waals surface area contributed by atoms with Gasteiger partial charge < -0.3 is 14.6 Å². The zero-order valence-corrected chi connectivity index (χ0v) is 11.8. The van der Waals surface area contributed by atoms with Crippen LogP contribution in [-0.4, -0.2) is 25.3 Å². The van der Waals surface area contributed by atoms with Crippen molar-refractivity contribution in [3.05, 3.63) is 47.0 Å². The summed E-state index contributed by atoms with van der Waals surface area (Å²) >= 11 is 6.20. The maximum atomic E-state index is 11.3. The Morgan fingerprint density at radius 1 is 1.05 bits per heavy atom. The van der Waals surface area contributed by atoms with Gasteiger partial charge in [-0.3, -0.25) is 0 Å². The summed E-state index contributed by atoms with van der Waals surface area (Å²) in [6.45, 7) is 0. The van der Waals surface area contributed by atoms with Crippen LogP contribution in [0.4, 0.5) is 0 Å². The summed E-state index contributed by atoms with van der Waals surface area (Å²) in [6, 6.07) is 10.1. The summed E-state index contributed by atoms with van der Waals surface area (Å²) in [5, 5.41) is 9.57. The van der Waals surface area contributed by atoms with E-state index in [-0.39, 0.29) is 5.56 Å². The molecule has 0 fully saturated rings. The van der Waals surface area contributed by atoms with Crippen LogP contribution in [0.1, 0.15) is 10.4 Å². The van der Waals surface area contributed by atoms with Crippen molar-refractivity contribution in [3.63, 3.8) is 0 Å². The Morgan fingerprint density at radius 2 is 1.75 bits per heavy atom. The van der Waals surface area contributed by atoms with Gasteiger partial charge in [-0.05, 0) is 23.8 Å². The molecule has 0 aliphatic heterocycles. The fourth-order valence-electron chi connectivity index (χ4n) is 2.01. The Kier molecular flexibility index (Phi) is 4.15. The second-order valence-corrected chi connectivity index (χ2v) is 4.39. The minimum Gasteiger partial charge on any atom is -0.495 e. The van der Waals surface area contributed by atoms with Gasteiger partial charge in [0.25, 0.3) is 0 Å². The van der Waals surface area contributed by atoms with Crippen LogP contribution in [-0.2, 0) is 0 Å². The lowest BCUT2D eigenvalue weighted by Gasteiger charge is -2.14. The van der Waals surface area contributed by atoms with Gasteiger partial charge in [-0.25, -0.2) is 4.79 Å². The fourth-order valence-corrected chi connectivity index (χ4v) is 2.33. The highest BCUT2D eigenvalue weighted by Gasteiger charge is 2.18. The zero-order chi connectivity index (χ0) is 14.7. The predicted octanol–water partition coefficient (Wildman–Crippen LogP) is 3.72. The molecule has 104 valence electrons. The molecule has 0 heterocycles. The first kappa shape index (κ1) is 14.2. The van der Waals surface area contributed by atoms with E-state index in [4.69, 9.17) is 21.1 Å². The van der Waals surface area contributed by atoms with Crippen LogP contribution in [0.5, 0.6) is 11.5 Å². The van der Waals surface area contributed by atoms with Gasteiger partial charge in [0.2, 0.25) is 0 Å². The lowest BCUT2D eigenvalue weighted by molar-refractivity contribution is 0.0697. The van der Waals surface area contributed by atoms with Crippen molar-refractivity contribution in [1.29, 1.82) is 0 Å². The van der Waals surface area contributed by atoms with Crippen LogP contribution < -0.4 is 9.47 Å². The van der Waals surface area contributed by atoms with E-state index in [1.807, 2.05) is 0 Å². The molecule has 0 aliphatic carbocycles. The third-order valence-corrected chi connectivity index (χ3v) is 3.29. The van der Waals surface area contributed by atoms with Crippen LogP contribution >= 0.6 is 11.6 Å². The van der Waals surface area contributed by atoms with Gasteiger partial charge in [-0.1, -0.05) is 29.8 Å². The van der Waals surface area contributed by atoms with Crippen molar-refractivity contribution < 1.29 is 19.4 Å². The van der Waals surface area contributed by atoms with E-state index in [0.717, 1.165) is 0 Å². The lowest BCUT2D eigenvalue weighted by Crippen LogP contribution is -2.00. The van der Waals surface area contributed by atoms with Crippen LogP contribution in [0.3, 0.4) is 0 Å². The number of hydrogen-bond acceptors (Lipinski definition) is 3. The van der Waals surface area contributed by atoms with Crippen LogP contribution in [0.2, 0.25) is 5.02 Å². The molecular formula is C15H13ClO4. The van der Waals surface area contributed by atoms with E-state index in [1.165, 1.54) is 20.3 Å². The van der Waals surface area contributed by atoms with Crippen LogP contribution in [0, 0.1) is 0 Å². The molecule has 2 rings (SSSR count). The summed E-state index contributed by atoms with van der Waals surface area (Å²) in [4.78, 5) is 11.3. The van der Waals surface area contributed by atoms with E-state index in [2.05, 4.69) is 0 Å². The number of methoxy groups -OCH3 is 2. The summed E-state index contributed by atoms with van der Waals surface area (Å²) in [5.41, 5.74) is 1.34. The molecule has 0 spiro atoms. The summed E-state index contributed by atoms with van der Waals surface area (Å²) in [7, 11) is 2.99. The first-order valence-electron chi connectivity index (χ1n) is 5.83. The zero-order valence-electron chi connectivity index (χ0n) is 11.0. The standard InChI is InChI=1S/C15H13ClO4/c1-19-12-8-7-10(14(20-2)13(12)16)9-5-3-4-6-11(9)15(17)18/h3-8H,1-2H3,(H,17,18). The number of carboxylic acid groups (broad SMARTS) is 1. The Labute approximate surface area is 121 Å². The van der Waals surface area contributed by atoms with Gasteiger partial charge in [0.15, 0.2) is 0 Å². The molecular weight excluding hydrogens is 280 g/mol. The molecule has 0 unspecified atom stereocenters. The highest BCUT2D eigenvalue weighted by Crippen LogP contribution is 2.42. The first-order chi connectivity index (χ1) is 9.60. The molecule has 0 radical (unpaired) electrons. The molecule has 0 amide bonds. The van der Waals surface area contributed by atoms with E-state index >= 15 is 0 Å². The Bertz CT molecular complexity index is 652. The van der Waals surface area contributed by atoms with Crippen molar-refractivity contribution in [2.24, 2.45) is 0 Å². The number of rotatable bonds is 4. The average Bonchev–Trinajstić information content (AvgIpc) is 2.46. The Hall–Kier alpha value is -2.20. The summed E-state index contributed by atoms with van der Waals surface area (Å²) < 4.78 is 10.4. The normalized spacial score (nSPS) is 10.2.